The highest BCUT2D eigenvalue weighted by molar-refractivity contribution is 5.78. The van der Waals surface area contributed by atoms with Crippen molar-refractivity contribution < 1.29 is 28.5 Å². The van der Waals surface area contributed by atoms with Gasteiger partial charge in [0.2, 0.25) is 5.91 Å². The van der Waals surface area contributed by atoms with Gasteiger partial charge in [-0.2, -0.15) is 0 Å². The van der Waals surface area contributed by atoms with E-state index in [1.807, 2.05) is 32.0 Å². The molecule has 0 saturated carbocycles. The highest BCUT2D eigenvalue weighted by atomic mass is 16.5. The maximum atomic E-state index is 12.2. The highest BCUT2D eigenvalue weighted by Gasteiger charge is 2.16. The van der Waals surface area contributed by atoms with Gasteiger partial charge in [0.05, 0.1) is 26.2 Å². The molecule has 0 bridgehead atoms. The summed E-state index contributed by atoms with van der Waals surface area (Å²) in [6, 6.07) is 5.76. The molecule has 152 valence electrons. The topological polar surface area (TPSA) is 74.3 Å². The van der Waals surface area contributed by atoms with Gasteiger partial charge in [-0.3, -0.25) is 9.59 Å². The molecule has 0 radical (unpaired) electrons. The van der Waals surface area contributed by atoms with E-state index in [9.17, 15) is 9.59 Å². The van der Waals surface area contributed by atoms with Crippen molar-refractivity contribution in [1.29, 1.82) is 0 Å². The van der Waals surface area contributed by atoms with Crippen LogP contribution in [0.5, 0.6) is 11.5 Å². The van der Waals surface area contributed by atoms with E-state index in [0.29, 0.717) is 50.8 Å². The normalized spacial score (nSPS) is 10.4. The molecular weight excluding hydrogens is 350 g/mol. The molecule has 1 amide bonds. The molecule has 1 rings (SSSR count). The molecule has 7 heteroatoms. The van der Waals surface area contributed by atoms with E-state index in [1.165, 1.54) is 7.11 Å². The van der Waals surface area contributed by atoms with E-state index in [2.05, 4.69) is 0 Å². The zero-order chi connectivity index (χ0) is 20.1. The third-order valence-corrected chi connectivity index (χ3v) is 3.79. The van der Waals surface area contributed by atoms with Crippen molar-refractivity contribution in [2.24, 2.45) is 0 Å². The Morgan fingerprint density at radius 1 is 0.963 bits per heavy atom. The van der Waals surface area contributed by atoms with E-state index in [0.717, 1.165) is 5.56 Å². The summed E-state index contributed by atoms with van der Waals surface area (Å²) in [4.78, 5) is 25.5. The molecule has 7 nitrogen and oxygen atoms in total. The Kier molecular flexibility index (Phi) is 10.9. The van der Waals surface area contributed by atoms with Crippen LogP contribution in [0.2, 0.25) is 0 Å². The predicted octanol–water partition coefficient (Wildman–Crippen LogP) is 2.45. The van der Waals surface area contributed by atoms with Crippen LogP contribution in [0.4, 0.5) is 0 Å². The van der Waals surface area contributed by atoms with Crippen LogP contribution in [-0.4, -0.2) is 63.4 Å². The molecule has 0 unspecified atom stereocenters. The number of methoxy groups -OCH3 is 1. The van der Waals surface area contributed by atoms with Gasteiger partial charge in [0.15, 0.2) is 11.5 Å². The maximum Gasteiger partial charge on any atom is 0.307 e. The molecule has 0 aromatic heterocycles. The largest absolute Gasteiger partial charge is 0.490 e. The average Bonchev–Trinajstić information content (AvgIpc) is 2.64. The van der Waals surface area contributed by atoms with Gasteiger partial charge in [0.1, 0.15) is 6.61 Å². The van der Waals surface area contributed by atoms with Crippen LogP contribution in [0.15, 0.2) is 18.2 Å². The highest BCUT2D eigenvalue weighted by Crippen LogP contribution is 2.28. The smallest absolute Gasteiger partial charge is 0.307 e. The summed E-state index contributed by atoms with van der Waals surface area (Å²) in [7, 11) is 1.47. The predicted molar refractivity (Wildman–Crippen MR) is 102 cm³/mol. The monoisotopic (exact) mass is 381 g/mol. The quantitative estimate of drug-likeness (QED) is 0.489. The van der Waals surface area contributed by atoms with E-state index in [4.69, 9.17) is 18.9 Å². The lowest BCUT2D eigenvalue weighted by atomic mass is 10.1. The van der Waals surface area contributed by atoms with Crippen LogP contribution in [-0.2, 0) is 25.5 Å². The summed E-state index contributed by atoms with van der Waals surface area (Å²) in [6.45, 7) is 7.79. The van der Waals surface area contributed by atoms with Crippen molar-refractivity contribution in [3.8, 4) is 11.5 Å². The lowest BCUT2D eigenvalue weighted by molar-refractivity contribution is -0.144. The van der Waals surface area contributed by atoms with Crippen LogP contribution in [0, 0.1) is 0 Å². The van der Waals surface area contributed by atoms with Gasteiger partial charge in [0, 0.05) is 20.2 Å². The summed E-state index contributed by atoms with van der Waals surface area (Å²) < 4.78 is 21.1. The fourth-order valence-electron chi connectivity index (χ4n) is 2.55. The first-order valence-corrected chi connectivity index (χ1v) is 9.36. The first-order valence-electron chi connectivity index (χ1n) is 9.36. The fraction of sp³-hybridized carbons (Fsp3) is 0.600. The second-order valence-corrected chi connectivity index (χ2v) is 5.77. The van der Waals surface area contributed by atoms with Gasteiger partial charge in [-0.1, -0.05) is 6.07 Å². The second-order valence-electron chi connectivity index (χ2n) is 5.77. The number of nitrogens with zero attached hydrogens (tertiary/aromatic N) is 1. The van der Waals surface area contributed by atoms with Crippen LogP contribution in [0.25, 0.3) is 0 Å². The number of hydrogen-bond donors (Lipinski definition) is 0. The molecule has 0 N–H and O–H groups in total. The average molecular weight is 381 g/mol. The zero-order valence-electron chi connectivity index (χ0n) is 16.8. The number of carbonyl (C=O) groups is 2. The number of benzene rings is 1. The van der Waals surface area contributed by atoms with Crippen LogP contribution >= 0.6 is 0 Å². The fourth-order valence-corrected chi connectivity index (χ4v) is 2.55. The van der Waals surface area contributed by atoms with Crippen LogP contribution < -0.4 is 9.47 Å². The van der Waals surface area contributed by atoms with Crippen LogP contribution in [0.1, 0.15) is 32.8 Å². The van der Waals surface area contributed by atoms with Crippen molar-refractivity contribution in [2.45, 2.75) is 33.6 Å². The Balaban J connectivity index is 2.76. The Labute approximate surface area is 161 Å². The van der Waals surface area contributed by atoms with Crippen molar-refractivity contribution in [1.82, 2.24) is 4.90 Å². The van der Waals surface area contributed by atoms with Crippen molar-refractivity contribution in [3.63, 3.8) is 0 Å². The van der Waals surface area contributed by atoms with Crippen LogP contribution in [0.3, 0.4) is 0 Å². The molecule has 1 aromatic rings. The summed E-state index contributed by atoms with van der Waals surface area (Å²) in [5.74, 6) is 0.932. The molecule has 1 aromatic carbocycles. The summed E-state index contributed by atoms with van der Waals surface area (Å²) in [5, 5.41) is 0. The maximum absolute atomic E-state index is 12.2. The third-order valence-electron chi connectivity index (χ3n) is 3.79. The Bertz CT molecular complexity index is 590. The van der Waals surface area contributed by atoms with Crippen molar-refractivity contribution >= 4 is 11.9 Å². The molecule has 0 aliphatic carbocycles. The molecule has 0 aliphatic heterocycles. The van der Waals surface area contributed by atoms with Gasteiger partial charge in [-0.15, -0.1) is 0 Å². The van der Waals surface area contributed by atoms with Gasteiger partial charge < -0.3 is 23.8 Å². The first kappa shape index (κ1) is 22.8. The molecule has 0 aliphatic rings. The van der Waals surface area contributed by atoms with Gasteiger partial charge in [-0.05, 0) is 44.9 Å². The lowest BCUT2D eigenvalue weighted by Gasteiger charge is -2.22. The number of hydrogen-bond acceptors (Lipinski definition) is 6. The van der Waals surface area contributed by atoms with E-state index >= 15 is 0 Å². The minimum absolute atomic E-state index is 0.0176. The minimum Gasteiger partial charge on any atom is -0.490 e. The SMILES string of the molecule is CCOC(=O)CCN(CCc1ccc(OCC)c(OCC)c1)C(=O)COC. The summed E-state index contributed by atoms with van der Waals surface area (Å²) in [5.41, 5.74) is 1.02. The Morgan fingerprint density at radius 3 is 2.30 bits per heavy atom. The number of esters is 1. The Morgan fingerprint density at radius 2 is 1.67 bits per heavy atom. The summed E-state index contributed by atoms with van der Waals surface area (Å²) >= 11 is 0. The van der Waals surface area contributed by atoms with Gasteiger partial charge >= 0.3 is 5.97 Å². The first-order chi connectivity index (χ1) is 13.0. The molecule has 0 spiro atoms. The number of amides is 1. The molecular formula is C20H31NO6. The molecule has 0 atom stereocenters. The Hall–Kier alpha value is -2.28. The third kappa shape index (κ3) is 8.30. The zero-order valence-corrected chi connectivity index (χ0v) is 16.8. The molecule has 27 heavy (non-hydrogen) atoms. The summed E-state index contributed by atoms with van der Waals surface area (Å²) in [6.07, 6.45) is 0.793. The van der Waals surface area contributed by atoms with Gasteiger partial charge in [0.25, 0.3) is 0 Å². The van der Waals surface area contributed by atoms with E-state index in [1.54, 1.807) is 11.8 Å². The number of ether oxygens (including phenoxy) is 4. The van der Waals surface area contributed by atoms with E-state index in [-0.39, 0.29) is 24.9 Å². The van der Waals surface area contributed by atoms with Gasteiger partial charge in [-0.25, -0.2) is 0 Å². The molecule has 0 saturated heterocycles. The number of rotatable bonds is 13. The second kappa shape index (κ2) is 13.0. The molecule has 0 heterocycles. The molecule has 0 fully saturated rings. The van der Waals surface area contributed by atoms with E-state index < -0.39 is 0 Å². The standard InChI is InChI=1S/C20H31NO6/c1-5-25-17-9-8-16(14-18(17)26-6-2)10-12-21(19(22)15-24-4)13-11-20(23)27-7-3/h8-9,14H,5-7,10-13,15H2,1-4H3. The van der Waals surface area contributed by atoms with Crippen molar-refractivity contribution in [3.05, 3.63) is 23.8 Å². The minimum atomic E-state index is -0.313. The van der Waals surface area contributed by atoms with Crippen molar-refractivity contribution in [2.75, 3.05) is 46.6 Å². The lowest BCUT2D eigenvalue weighted by Crippen LogP contribution is -2.37. The number of carbonyl (C=O) groups excluding carboxylic acids is 2.